The van der Waals surface area contributed by atoms with Crippen LogP contribution in [-0.4, -0.2) is 45.4 Å². The molecule has 1 aromatic heterocycles. The summed E-state index contributed by atoms with van der Waals surface area (Å²) in [6, 6.07) is 11.1. The zero-order valence-corrected chi connectivity index (χ0v) is 17.1. The Hall–Kier alpha value is -3.42. The Bertz CT molecular complexity index is 1020. The minimum atomic E-state index is -3.71. The van der Waals surface area contributed by atoms with E-state index in [4.69, 9.17) is 14.4 Å². The van der Waals surface area contributed by atoms with Crippen molar-refractivity contribution in [2.75, 3.05) is 20.2 Å². The van der Waals surface area contributed by atoms with Gasteiger partial charge in [0.25, 0.3) is 5.91 Å². The number of amides is 1. The van der Waals surface area contributed by atoms with E-state index in [0.29, 0.717) is 11.3 Å². The van der Waals surface area contributed by atoms with Crippen molar-refractivity contribution in [3.05, 3.63) is 60.1 Å². The van der Waals surface area contributed by atoms with Crippen molar-refractivity contribution >= 4 is 28.0 Å². The van der Waals surface area contributed by atoms with Crippen molar-refractivity contribution in [2.45, 2.75) is 17.9 Å². The number of furan rings is 1. The number of sulfonamides is 1. The molecular weight excluding hydrogens is 410 g/mol. The lowest BCUT2D eigenvalue weighted by atomic mass is 10.2. The number of benzene rings is 1. The van der Waals surface area contributed by atoms with Gasteiger partial charge in [0.05, 0.1) is 30.2 Å². The Labute approximate surface area is 174 Å². The van der Waals surface area contributed by atoms with Crippen LogP contribution in [-0.2, 0) is 30.9 Å². The fourth-order valence-electron chi connectivity index (χ4n) is 2.22. The molecule has 0 radical (unpaired) electrons. The van der Waals surface area contributed by atoms with Crippen LogP contribution in [0.4, 0.5) is 0 Å². The van der Waals surface area contributed by atoms with E-state index in [2.05, 4.69) is 4.72 Å². The van der Waals surface area contributed by atoms with Gasteiger partial charge in [-0.2, -0.15) is 5.26 Å². The molecule has 0 unspecified atom stereocenters. The van der Waals surface area contributed by atoms with Crippen LogP contribution in [0.2, 0.25) is 0 Å². The Balaban J connectivity index is 1.85. The number of rotatable bonds is 10. The lowest BCUT2D eigenvalue weighted by Gasteiger charge is -2.14. The lowest BCUT2D eigenvalue weighted by molar-refractivity contribution is -0.147. The van der Waals surface area contributed by atoms with Crippen molar-refractivity contribution in [1.82, 2.24) is 9.62 Å². The maximum absolute atomic E-state index is 12.3. The highest BCUT2D eigenvalue weighted by atomic mass is 32.2. The van der Waals surface area contributed by atoms with E-state index in [9.17, 15) is 18.0 Å². The average Bonchev–Trinajstić information content (AvgIpc) is 3.27. The summed E-state index contributed by atoms with van der Waals surface area (Å²) < 4.78 is 36.9. The smallest absolute Gasteiger partial charge is 0.331 e. The van der Waals surface area contributed by atoms with Crippen LogP contribution in [0.15, 0.2) is 58.1 Å². The van der Waals surface area contributed by atoms with Crippen LogP contribution in [0.5, 0.6) is 0 Å². The van der Waals surface area contributed by atoms with Gasteiger partial charge in [0.2, 0.25) is 10.0 Å². The molecule has 0 fully saturated rings. The summed E-state index contributed by atoms with van der Waals surface area (Å²) in [5, 5.41) is 8.50. The van der Waals surface area contributed by atoms with Crippen LogP contribution in [0.1, 0.15) is 17.7 Å². The quantitative estimate of drug-likeness (QED) is 0.447. The van der Waals surface area contributed by atoms with Gasteiger partial charge >= 0.3 is 5.97 Å². The third-order valence-electron chi connectivity index (χ3n) is 3.94. The first-order valence-corrected chi connectivity index (χ1v) is 10.4. The Kier molecular flexibility index (Phi) is 8.34. The third kappa shape index (κ3) is 7.20. The topological polar surface area (TPSA) is 130 Å². The zero-order chi connectivity index (χ0) is 22.0. The number of carbonyl (C=O) groups is 2. The molecule has 30 heavy (non-hydrogen) atoms. The van der Waals surface area contributed by atoms with Gasteiger partial charge in [0.1, 0.15) is 5.76 Å². The summed E-state index contributed by atoms with van der Waals surface area (Å²) in [7, 11) is -2.19. The molecular formula is C20H21N3O6S. The van der Waals surface area contributed by atoms with Gasteiger partial charge in [0.15, 0.2) is 6.61 Å². The number of hydrogen-bond acceptors (Lipinski definition) is 7. The Morgan fingerprint density at radius 3 is 2.63 bits per heavy atom. The molecule has 158 valence electrons. The van der Waals surface area contributed by atoms with Crippen molar-refractivity contribution in [1.29, 1.82) is 5.26 Å². The standard InChI is InChI=1S/C20H21N3O6S/c1-23(12-3-11-21)19(24)15-29-20(25)10-7-16-5-8-18(9-6-16)30(26,27)22-14-17-4-2-13-28-17/h2,4-10,13,22H,3,12,14-15H2,1H3. The minimum absolute atomic E-state index is 0.0350. The molecule has 0 atom stereocenters. The van der Waals surface area contributed by atoms with Crippen molar-refractivity contribution in [3.8, 4) is 6.07 Å². The average molecular weight is 431 g/mol. The van der Waals surface area contributed by atoms with E-state index in [-0.39, 0.29) is 24.4 Å². The Morgan fingerprint density at radius 2 is 2.00 bits per heavy atom. The molecule has 1 amide bonds. The molecule has 1 aromatic carbocycles. The molecule has 0 aliphatic rings. The van der Waals surface area contributed by atoms with E-state index in [1.54, 1.807) is 12.1 Å². The number of ether oxygens (including phenoxy) is 1. The van der Waals surface area contributed by atoms with E-state index in [0.717, 1.165) is 6.08 Å². The van der Waals surface area contributed by atoms with E-state index in [1.807, 2.05) is 6.07 Å². The molecule has 2 rings (SSSR count). The van der Waals surface area contributed by atoms with Crippen molar-refractivity contribution < 1.29 is 27.2 Å². The van der Waals surface area contributed by atoms with E-state index < -0.39 is 28.5 Å². The first-order chi connectivity index (χ1) is 14.3. The van der Waals surface area contributed by atoms with Gasteiger partial charge in [-0.15, -0.1) is 0 Å². The molecule has 0 aliphatic heterocycles. The second-order valence-corrected chi connectivity index (χ2v) is 7.90. The number of hydrogen-bond donors (Lipinski definition) is 1. The van der Waals surface area contributed by atoms with Crippen molar-refractivity contribution in [2.24, 2.45) is 0 Å². The lowest BCUT2D eigenvalue weighted by Crippen LogP contribution is -2.31. The number of carbonyl (C=O) groups excluding carboxylic acids is 2. The highest BCUT2D eigenvalue weighted by Gasteiger charge is 2.14. The number of nitriles is 1. The molecule has 0 spiro atoms. The van der Waals surface area contributed by atoms with E-state index in [1.165, 1.54) is 48.6 Å². The number of nitrogens with zero attached hydrogens (tertiary/aromatic N) is 2. The molecule has 10 heteroatoms. The van der Waals surface area contributed by atoms with E-state index >= 15 is 0 Å². The second-order valence-electron chi connectivity index (χ2n) is 6.14. The van der Waals surface area contributed by atoms with Gasteiger partial charge in [-0.05, 0) is 35.9 Å². The maximum atomic E-state index is 12.3. The number of nitrogens with one attached hydrogen (secondary N) is 1. The largest absolute Gasteiger partial charge is 0.468 e. The van der Waals surface area contributed by atoms with Crippen LogP contribution in [0, 0.1) is 11.3 Å². The van der Waals surface area contributed by atoms with Crippen LogP contribution in [0.25, 0.3) is 6.08 Å². The third-order valence-corrected chi connectivity index (χ3v) is 5.36. The predicted molar refractivity (Wildman–Crippen MR) is 107 cm³/mol. The molecule has 0 saturated carbocycles. The summed E-state index contributed by atoms with van der Waals surface area (Å²) in [6.45, 7) is -0.134. The van der Waals surface area contributed by atoms with Gasteiger partial charge < -0.3 is 14.1 Å². The predicted octanol–water partition coefficient (Wildman–Crippen LogP) is 1.69. The van der Waals surface area contributed by atoms with Crippen LogP contribution < -0.4 is 4.72 Å². The van der Waals surface area contributed by atoms with Crippen molar-refractivity contribution in [3.63, 3.8) is 0 Å². The summed E-state index contributed by atoms with van der Waals surface area (Å²) in [5.41, 5.74) is 0.578. The summed E-state index contributed by atoms with van der Waals surface area (Å²) in [6.07, 6.45) is 4.24. The molecule has 2 aromatic rings. The van der Waals surface area contributed by atoms with Gasteiger partial charge in [-0.3, -0.25) is 4.79 Å². The van der Waals surface area contributed by atoms with Gasteiger partial charge in [-0.25, -0.2) is 17.9 Å². The minimum Gasteiger partial charge on any atom is -0.468 e. The summed E-state index contributed by atoms with van der Waals surface area (Å²) in [4.78, 5) is 24.8. The molecule has 0 saturated heterocycles. The van der Waals surface area contributed by atoms with Gasteiger partial charge in [-0.1, -0.05) is 12.1 Å². The highest BCUT2D eigenvalue weighted by Crippen LogP contribution is 2.12. The SMILES string of the molecule is CN(CCC#N)C(=O)COC(=O)C=Cc1ccc(S(=O)(=O)NCc2ccco2)cc1. The monoisotopic (exact) mass is 431 g/mol. The molecule has 1 heterocycles. The normalized spacial score (nSPS) is 11.2. The number of esters is 1. The fraction of sp³-hybridized carbons (Fsp3) is 0.250. The highest BCUT2D eigenvalue weighted by molar-refractivity contribution is 7.89. The second kappa shape index (κ2) is 10.9. The first kappa shape index (κ1) is 22.9. The van der Waals surface area contributed by atoms with Crippen LogP contribution in [0.3, 0.4) is 0 Å². The molecule has 0 bridgehead atoms. The Morgan fingerprint density at radius 1 is 1.27 bits per heavy atom. The maximum Gasteiger partial charge on any atom is 0.331 e. The summed E-state index contributed by atoms with van der Waals surface area (Å²) in [5.74, 6) is -0.635. The number of likely N-dealkylation sites (N-methyl/N-ethyl adjacent to an activating group) is 1. The zero-order valence-electron chi connectivity index (χ0n) is 16.3. The van der Waals surface area contributed by atoms with Crippen LogP contribution >= 0.6 is 0 Å². The summed E-state index contributed by atoms with van der Waals surface area (Å²) >= 11 is 0. The molecule has 0 aliphatic carbocycles. The first-order valence-electron chi connectivity index (χ1n) is 8.89. The fourth-order valence-corrected chi connectivity index (χ4v) is 3.21. The van der Waals surface area contributed by atoms with Gasteiger partial charge in [0, 0.05) is 19.7 Å². The molecule has 9 nitrogen and oxygen atoms in total. The molecule has 1 N–H and O–H groups in total.